The Bertz CT molecular complexity index is 563. The van der Waals surface area contributed by atoms with Crippen molar-refractivity contribution in [3.8, 4) is 0 Å². The van der Waals surface area contributed by atoms with Crippen LogP contribution in [0.1, 0.15) is 36.0 Å². The molecule has 6 heteroatoms. The molecule has 3 rings (SSSR count). The SMILES string of the molecule is COCC1CC(=O)NC2CC(NC(=O)c3ccncc3)CCC12. The van der Waals surface area contributed by atoms with Gasteiger partial charge in [0, 0.05) is 50.2 Å². The van der Waals surface area contributed by atoms with Gasteiger partial charge in [0.15, 0.2) is 0 Å². The smallest absolute Gasteiger partial charge is 0.251 e. The minimum atomic E-state index is -0.0774. The molecule has 0 spiro atoms. The molecule has 2 fully saturated rings. The van der Waals surface area contributed by atoms with Crippen molar-refractivity contribution < 1.29 is 14.3 Å². The van der Waals surface area contributed by atoms with Gasteiger partial charge in [-0.15, -0.1) is 0 Å². The Labute approximate surface area is 136 Å². The van der Waals surface area contributed by atoms with E-state index in [0.29, 0.717) is 24.5 Å². The predicted octanol–water partition coefficient (Wildman–Crippen LogP) is 1.13. The molecule has 0 bridgehead atoms. The highest BCUT2D eigenvalue weighted by molar-refractivity contribution is 5.94. The molecule has 1 saturated carbocycles. The van der Waals surface area contributed by atoms with Crippen LogP contribution in [0.15, 0.2) is 24.5 Å². The van der Waals surface area contributed by atoms with Crippen molar-refractivity contribution in [2.45, 2.75) is 37.8 Å². The number of carbonyl (C=O) groups excluding carboxylic acids is 2. The summed E-state index contributed by atoms with van der Waals surface area (Å²) in [6, 6.07) is 3.64. The maximum Gasteiger partial charge on any atom is 0.251 e. The molecule has 1 aromatic heterocycles. The Kier molecular flexibility index (Phi) is 4.91. The maximum absolute atomic E-state index is 12.3. The van der Waals surface area contributed by atoms with E-state index in [1.54, 1.807) is 31.6 Å². The molecule has 2 amide bonds. The number of methoxy groups -OCH3 is 1. The molecule has 2 N–H and O–H groups in total. The normalized spacial score (nSPS) is 30.2. The number of aromatic nitrogens is 1. The number of hydrogen-bond acceptors (Lipinski definition) is 4. The summed E-state index contributed by atoms with van der Waals surface area (Å²) in [5.41, 5.74) is 0.618. The van der Waals surface area contributed by atoms with E-state index in [1.807, 2.05) is 0 Å². The zero-order valence-electron chi connectivity index (χ0n) is 13.3. The molecule has 4 atom stereocenters. The second-order valence-corrected chi connectivity index (χ2v) is 6.48. The molecule has 23 heavy (non-hydrogen) atoms. The highest BCUT2D eigenvalue weighted by Gasteiger charge is 2.40. The molecule has 2 aliphatic rings. The van der Waals surface area contributed by atoms with Gasteiger partial charge in [-0.3, -0.25) is 14.6 Å². The van der Waals surface area contributed by atoms with E-state index in [9.17, 15) is 9.59 Å². The van der Waals surface area contributed by atoms with Crippen LogP contribution in [0.25, 0.3) is 0 Å². The van der Waals surface area contributed by atoms with E-state index >= 15 is 0 Å². The number of hydrogen-bond donors (Lipinski definition) is 2. The molecule has 4 unspecified atom stereocenters. The summed E-state index contributed by atoms with van der Waals surface area (Å²) in [6.07, 6.45) is 6.50. The van der Waals surface area contributed by atoms with Gasteiger partial charge in [-0.1, -0.05) is 0 Å². The van der Waals surface area contributed by atoms with Gasteiger partial charge in [0.25, 0.3) is 5.91 Å². The molecule has 0 radical (unpaired) electrons. The van der Waals surface area contributed by atoms with E-state index in [0.717, 1.165) is 19.3 Å². The first-order valence-electron chi connectivity index (χ1n) is 8.16. The van der Waals surface area contributed by atoms with E-state index in [4.69, 9.17) is 4.74 Å². The predicted molar refractivity (Wildman–Crippen MR) is 84.7 cm³/mol. The van der Waals surface area contributed by atoms with E-state index in [-0.39, 0.29) is 29.8 Å². The quantitative estimate of drug-likeness (QED) is 0.872. The summed E-state index contributed by atoms with van der Waals surface area (Å²) < 4.78 is 5.27. The third-order valence-electron chi connectivity index (χ3n) is 4.96. The molecule has 124 valence electrons. The molecule has 1 aliphatic heterocycles. The summed E-state index contributed by atoms with van der Waals surface area (Å²) in [5, 5.41) is 6.17. The highest BCUT2D eigenvalue weighted by Crippen LogP contribution is 2.35. The van der Waals surface area contributed by atoms with Crippen LogP contribution < -0.4 is 10.6 Å². The molecule has 0 aromatic carbocycles. The minimum Gasteiger partial charge on any atom is -0.384 e. The monoisotopic (exact) mass is 317 g/mol. The van der Waals surface area contributed by atoms with Gasteiger partial charge in [0.1, 0.15) is 0 Å². The van der Waals surface area contributed by atoms with Crippen molar-refractivity contribution in [2.75, 3.05) is 13.7 Å². The molecule has 1 aliphatic carbocycles. The largest absolute Gasteiger partial charge is 0.384 e. The number of rotatable bonds is 4. The lowest BCUT2D eigenvalue weighted by molar-refractivity contribution is -0.128. The van der Waals surface area contributed by atoms with Gasteiger partial charge in [0.2, 0.25) is 5.91 Å². The Morgan fingerprint density at radius 3 is 2.91 bits per heavy atom. The van der Waals surface area contributed by atoms with E-state index in [2.05, 4.69) is 15.6 Å². The third-order valence-corrected chi connectivity index (χ3v) is 4.96. The summed E-state index contributed by atoms with van der Waals surface area (Å²) in [5.74, 6) is 0.748. The standard InChI is InChI=1S/C17H23N3O3/c1-23-10-12-8-16(21)20-15-9-13(2-3-14(12)15)19-17(22)11-4-6-18-7-5-11/h4-7,12-15H,2-3,8-10H2,1H3,(H,19,22)(H,20,21). The van der Waals surface area contributed by atoms with Crippen LogP contribution in [0.4, 0.5) is 0 Å². The van der Waals surface area contributed by atoms with Crippen molar-refractivity contribution in [3.63, 3.8) is 0 Å². The number of carbonyl (C=O) groups is 2. The number of nitrogens with one attached hydrogen (secondary N) is 2. The fourth-order valence-corrected chi connectivity index (χ4v) is 3.88. The first kappa shape index (κ1) is 15.9. The number of pyridine rings is 1. The number of amides is 2. The van der Waals surface area contributed by atoms with Gasteiger partial charge in [0.05, 0.1) is 0 Å². The van der Waals surface area contributed by atoms with E-state index in [1.165, 1.54) is 0 Å². The zero-order valence-corrected chi connectivity index (χ0v) is 13.3. The average molecular weight is 317 g/mol. The number of ether oxygens (including phenoxy) is 1. The fourth-order valence-electron chi connectivity index (χ4n) is 3.88. The minimum absolute atomic E-state index is 0.0774. The van der Waals surface area contributed by atoms with Gasteiger partial charge in [-0.05, 0) is 43.2 Å². The summed E-state index contributed by atoms with van der Waals surface area (Å²) >= 11 is 0. The summed E-state index contributed by atoms with van der Waals surface area (Å²) in [6.45, 7) is 0.628. The van der Waals surface area contributed by atoms with Gasteiger partial charge >= 0.3 is 0 Å². The molecule has 2 heterocycles. The van der Waals surface area contributed by atoms with Crippen LogP contribution in [0.2, 0.25) is 0 Å². The van der Waals surface area contributed by atoms with Crippen LogP contribution in [-0.4, -0.2) is 42.6 Å². The molecule has 1 aromatic rings. The molecule has 6 nitrogen and oxygen atoms in total. The highest BCUT2D eigenvalue weighted by atomic mass is 16.5. The van der Waals surface area contributed by atoms with E-state index < -0.39 is 0 Å². The molecular weight excluding hydrogens is 294 g/mol. The summed E-state index contributed by atoms with van der Waals surface area (Å²) in [7, 11) is 1.68. The topological polar surface area (TPSA) is 80.3 Å². The fraction of sp³-hybridized carbons (Fsp3) is 0.588. The second-order valence-electron chi connectivity index (χ2n) is 6.48. The maximum atomic E-state index is 12.3. The van der Waals surface area contributed by atoms with Gasteiger partial charge in [-0.25, -0.2) is 0 Å². The van der Waals surface area contributed by atoms with Crippen molar-refractivity contribution in [1.82, 2.24) is 15.6 Å². The Balaban J connectivity index is 1.61. The lowest BCUT2D eigenvalue weighted by atomic mass is 9.71. The van der Waals surface area contributed by atoms with Crippen LogP contribution in [0, 0.1) is 11.8 Å². The lowest BCUT2D eigenvalue weighted by Crippen LogP contribution is -2.56. The zero-order chi connectivity index (χ0) is 16.2. The first-order chi connectivity index (χ1) is 11.2. The van der Waals surface area contributed by atoms with Gasteiger partial charge < -0.3 is 15.4 Å². The molecular formula is C17H23N3O3. The lowest BCUT2D eigenvalue weighted by Gasteiger charge is -2.43. The Morgan fingerprint density at radius 2 is 2.17 bits per heavy atom. The summed E-state index contributed by atoms with van der Waals surface area (Å²) in [4.78, 5) is 28.1. The van der Waals surface area contributed by atoms with Crippen molar-refractivity contribution >= 4 is 11.8 Å². The van der Waals surface area contributed by atoms with Crippen molar-refractivity contribution in [1.29, 1.82) is 0 Å². The van der Waals surface area contributed by atoms with Gasteiger partial charge in [-0.2, -0.15) is 0 Å². The second kappa shape index (κ2) is 7.08. The average Bonchev–Trinajstić information content (AvgIpc) is 2.55. The molecule has 1 saturated heterocycles. The van der Waals surface area contributed by atoms with Crippen LogP contribution >= 0.6 is 0 Å². The third kappa shape index (κ3) is 3.69. The van der Waals surface area contributed by atoms with Crippen LogP contribution in [-0.2, 0) is 9.53 Å². The Morgan fingerprint density at radius 1 is 1.39 bits per heavy atom. The first-order valence-corrected chi connectivity index (χ1v) is 8.16. The number of piperidine rings is 1. The van der Waals surface area contributed by atoms with Crippen molar-refractivity contribution in [3.05, 3.63) is 30.1 Å². The number of nitrogens with zero attached hydrogens (tertiary/aromatic N) is 1. The van der Waals surface area contributed by atoms with Crippen molar-refractivity contribution in [2.24, 2.45) is 11.8 Å². The number of fused-ring (bicyclic) bond motifs is 1. The van der Waals surface area contributed by atoms with Crippen LogP contribution in [0.5, 0.6) is 0 Å². The Hall–Kier alpha value is -1.95. The van der Waals surface area contributed by atoms with Crippen LogP contribution in [0.3, 0.4) is 0 Å².